The first kappa shape index (κ1) is 24.4. The van der Waals surface area contributed by atoms with Crippen molar-refractivity contribution in [1.82, 2.24) is 5.32 Å². The summed E-state index contributed by atoms with van der Waals surface area (Å²) in [6, 6.07) is 23.8. The van der Waals surface area contributed by atoms with Gasteiger partial charge in [0.25, 0.3) is 14.7 Å². The van der Waals surface area contributed by atoms with Gasteiger partial charge in [-0.1, -0.05) is 81.3 Å². The smallest absolute Gasteiger partial charge is 0.283 e. The van der Waals surface area contributed by atoms with Gasteiger partial charge in [-0.3, -0.25) is 10.1 Å². The zero-order valence-electron chi connectivity index (χ0n) is 19.3. The molecule has 0 aliphatic heterocycles. The zero-order valence-corrected chi connectivity index (χ0v) is 20.3. The SMILES string of the molecule is C#CCNCc1cc([N+](=O)[O-])ccc1CO[Si](c1ccccc1)c1ccc(C(C)(C)C)cc1. The van der Waals surface area contributed by atoms with Crippen molar-refractivity contribution in [2.45, 2.75) is 39.3 Å². The van der Waals surface area contributed by atoms with Gasteiger partial charge in [-0.15, -0.1) is 6.42 Å². The third kappa shape index (κ3) is 6.62. The standard InChI is InChI=1S/C27H29N2O3Si/c1-5-17-28-19-22-18-24(29(30)31)14-11-21(22)20-32-33(25-9-7-6-8-10-25)26-15-12-23(13-16-26)27(2,3)4/h1,6-16,18,28H,17,19-20H2,2-4H3. The van der Waals surface area contributed by atoms with Crippen LogP contribution >= 0.6 is 0 Å². The molecule has 0 aliphatic carbocycles. The second-order valence-corrected chi connectivity index (χ2v) is 10.9. The maximum atomic E-state index is 11.3. The number of hydrogen-bond acceptors (Lipinski definition) is 4. The largest absolute Gasteiger partial charge is 0.403 e. The molecule has 33 heavy (non-hydrogen) atoms. The highest BCUT2D eigenvalue weighted by molar-refractivity contribution is 6.80. The minimum absolute atomic E-state index is 0.0580. The summed E-state index contributed by atoms with van der Waals surface area (Å²) < 4.78 is 6.54. The number of hydrogen-bond donors (Lipinski definition) is 1. The number of non-ortho nitro benzene ring substituents is 1. The quantitative estimate of drug-likeness (QED) is 0.174. The van der Waals surface area contributed by atoms with Crippen LogP contribution in [0.3, 0.4) is 0 Å². The van der Waals surface area contributed by atoms with E-state index in [2.05, 4.69) is 68.4 Å². The van der Waals surface area contributed by atoms with E-state index in [0.717, 1.165) is 21.5 Å². The summed E-state index contributed by atoms with van der Waals surface area (Å²) in [5.41, 5.74) is 3.14. The van der Waals surface area contributed by atoms with Crippen molar-refractivity contribution in [3.05, 3.63) is 99.6 Å². The van der Waals surface area contributed by atoms with Gasteiger partial charge in [-0.25, -0.2) is 0 Å². The maximum absolute atomic E-state index is 11.3. The Bertz CT molecular complexity index is 1120. The zero-order chi connectivity index (χ0) is 23.8. The molecule has 0 amide bonds. The van der Waals surface area contributed by atoms with Gasteiger partial charge in [0.15, 0.2) is 0 Å². The van der Waals surface area contributed by atoms with E-state index in [-0.39, 0.29) is 16.0 Å². The van der Waals surface area contributed by atoms with E-state index >= 15 is 0 Å². The second kappa shape index (κ2) is 11.1. The van der Waals surface area contributed by atoms with E-state index in [9.17, 15) is 10.1 Å². The average molecular weight is 458 g/mol. The van der Waals surface area contributed by atoms with Crippen molar-refractivity contribution in [2.75, 3.05) is 6.54 Å². The number of nitrogens with one attached hydrogen (secondary N) is 1. The van der Waals surface area contributed by atoms with Crippen LogP contribution in [-0.2, 0) is 23.0 Å². The Labute approximate surface area is 197 Å². The van der Waals surface area contributed by atoms with Crippen LogP contribution < -0.4 is 15.7 Å². The molecule has 0 aliphatic rings. The van der Waals surface area contributed by atoms with E-state index in [0.29, 0.717) is 19.7 Å². The van der Waals surface area contributed by atoms with Crippen LogP contribution in [0.2, 0.25) is 0 Å². The van der Waals surface area contributed by atoms with Crippen molar-refractivity contribution in [3.63, 3.8) is 0 Å². The molecule has 0 bridgehead atoms. The Morgan fingerprint density at radius 1 is 1.00 bits per heavy atom. The summed E-state index contributed by atoms with van der Waals surface area (Å²) in [5, 5.41) is 16.7. The van der Waals surface area contributed by atoms with Crippen molar-refractivity contribution in [2.24, 2.45) is 0 Å². The molecule has 0 spiro atoms. The monoisotopic (exact) mass is 457 g/mol. The van der Waals surface area contributed by atoms with Crippen molar-refractivity contribution < 1.29 is 9.35 Å². The molecule has 0 atom stereocenters. The molecule has 3 aromatic rings. The second-order valence-electron chi connectivity index (χ2n) is 8.83. The molecular formula is C27H29N2O3Si. The summed E-state index contributed by atoms with van der Waals surface area (Å²) in [5.74, 6) is 2.53. The van der Waals surface area contributed by atoms with Crippen LogP contribution in [0, 0.1) is 22.5 Å². The molecule has 0 heterocycles. The van der Waals surface area contributed by atoms with E-state index in [1.807, 2.05) is 18.2 Å². The fraction of sp³-hybridized carbons (Fsp3) is 0.259. The third-order valence-corrected chi connectivity index (χ3v) is 7.51. The summed E-state index contributed by atoms with van der Waals surface area (Å²) in [4.78, 5) is 10.9. The van der Waals surface area contributed by atoms with Gasteiger partial charge < -0.3 is 9.74 Å². The number of nitro benzene ring substituents is 1. The van der Waals surface area contributed by atoms with E-state index in [1.165, 1.54) is 11.6 Å². The van der Waals surface area contributed by atoms with Crippen LogP contribution in [0.5, 0.6) is 0 Å². The molecule has 0 saturated heterocycles. The molecule has 1 radical (unpaired) electrons. The molecule has 5 nitrogen and oxygen atoms in total. The van der Waals surface area contributed by atoms with Gasteiger partial charge in [0.2, 0.25) is 0 Å². The topological polar surface area (TPSA) is 64.4 Å². The predicted molar refractivity (Wildman–Crippen MR) is 135 cm³/mol. The lowest BCUT2D eigenvalue weighted by atomic mass is 9.87. The maximum Gasteiger partial charge on any atom is 0.283 e. The van der Waals surface area contributed by atoms with Gasteiger partial charge in [-0.05, 0) is 38.5 Å². The first-order chi connectivity index (χ1) is 15.8. The van der Waals surface area contributed by atoms with Crippen LogP contribution in [0.15, 0.2) is 72.8 Å². The van der Waals surface area contributed by atoms with Gasteiger partial charge in [0, 0.05) is 18.7 Å². The molecule has 3 aromatic carbocycles. The number of nitro groups is 1. The Hall–Kier alpha value is -3.24. The summed E-state index contributed by atoms with van der Waals surface area (Å²) in [7, 11) is -1.51. The van der Waals surface area contributed by atoms with Gasteiger partial charge in [-0.2, -0.15) is 0 Å². The number of terminal acetylenes is 1. The lowest BCUT2D eigenvalue weighted by Crippen LogP contribution is -2.45. The summed E-state index contributed by atoms with van der Waals surface area (Å²) in [6.45, 7) is 7.79. The first-order valence-electron chi connectivity index (χ1n) is 10.9. The molecular weight excluding hydrogens is 428 g/mol. The van der Waals surface area contributed by atoms with Crippen LogP contribution in [0.1, 0.15) is 37.5 Å². The van der Waals surface area contributed by atoms with E-state index < -0.39 is 9.04 Å². The molecule has 3 rings (SSSR count). The van der Waals surface area contributed by atoms with Crippen molar-refractivity contribution >= 4 is 25.1 Å². The Balaban J connectivity index is 1.88. The summed E-state index contributed by atoms with van der Waals surface area (Å²) in [6.07, 6.45) is 5.33. The minimum atomic E-state index is -1.51. The van der Waals surface area contributed by atoms with Crippen molar-refractivity contribution in [1.29, 1.82) is 0 Å². The molecule has 0 aromatic heterocycles. The lowest BCUT2D eigenvalue weighted by molar-refractivity contribution is -0.384. The Morgan fingerprint density at radius 3 is 2.27 bits per heavy atom. The fourth-order valence-corrected chi connectivity index (χ4v) is 5.43. The van der Waals surface area contributed by atoms with Crippen LogP contribution in [-0.4, -0.2) is 20.5 Å². The Kier molecular flexibility index (Phi) is 8.18. The molecule has 6 heteroatoms. The van der Waals surface area contributed by atoms with Gasteiger partial charge in [0.05, 0.1) is 18.1 Å². The lowest BCUT2D eigenvalue weighted by Gasteiger charge is -2.21. The third-order valence-electron chi connectivity index (χ3n) is 5.36. The van der Waals surface area contributed by atoms with Crippen molar-refractivity contribution in [3.8, 4) is 12.3 Å². The first-order valence-corrected chi connectivity index (χ1v) is 12.3. The molecule has 0 saturated carbocycles. The highest BCUT2D eigenvalue weighted by atomic mass is 28.3. The fourth-order valence-electron chi connectivity index (χ4n) is 3.49. The number of nitrogens with zero attached hydrogens (tertiary/aromatic N) is 1. The molecule has 0 fully saturated rings. The molecule has 169 valence electrons. The molecule has 0 unspecified atom stereocenters. The van der Waals surface area contributed by atoms with Crippen LogP contribution in [0.25, 0.3) is 0 Å². The highest BCUT2D eigenvalue weighted by Crippen LogP contribution is 2.21. The average Bonchev–Trinajstić information content (AvgIpc) is 2.80. The number of benzene rings is 3. The Morgan fingerprint density at radius 2 is 1.67 bits per heavy atom. The minimum Gasteiger partial charge on any atom is -0.403 e. The predicted octanol–water partition coefficient (Wildman–Crippen LogP) is 3.94. The normalized spacial score (nSPS) is 11.4. The van der Waals surface area contributed by atoms with Crippen LogP contribution in [0.4, 0.5) is 5.69 Å². The van der Waals surface area contributed by atoms with E-state index in [1.54, 1.807) is 12.1 Å². The van der Waals surface area contributed by atoms with E-state index in [4.69, 9.17) is 10.8 Å². The molecule has 1 N–H and O–H groups in total. The van der Waals surface area contributed by atoms with Gasteiger partial charge >= 0.3 is 0 Å². The van der Waals surface area contributed by atoms with Gasteiger partial charge in [0.1, 0.15) is 0 Å². The highest BCUT2D eigenvalue weighted by Gasteiger charge is 2.22. The number of rotatable bonds is 9. The summed E-state index contributed by atoms with van der Waals surface area (Å²) >= 11 is 0.